The SMILES string of the molecule is C.CCc1cn[nH]c1N.CCc1cn[nH]c1NC(=O)C(=O)OC.COC(=O)CC(=O)OC.[2HH]. The molecule has 0 saturated heterocycles. The molecular formula is C19H34N6O7. The van der Waals surface area contributed by atoms with E-state index < -0.39 is 23.8 Å². The monoisotopic (exact) mass is 459 g/mol. The molecule has 0 aliphatic rings. The van der Waals surface area contributed by atoms with Crippen LogP contribution in [0.1, 0.15) is 40.2 Å². The zero-order valence-electron chi connectivity index (χ0n) is 18.1. The number of amides is 1. The Labute approximate surface area is 187 Å². The second-order valence-corrected chi connectivity index (χ2v) is 5.56. The van der Waals surface area contributed by atoms with Crippen molar-refractivity contribution >= 4 is 35.5 Å². The van der Waals surface area contributed by atoms with Crippen molar-refractivity contribution in [2.75, 3.05) is 32.4 Å². The first-order chi connectivity index (χ1) is 14.7. The highest BCUT2D eigenvalue weighted by Gasteiger charge is 2.15. The molecular weight excluding hydrogens is 424 g/mol. The summed E-state index contributed by atoms with van der Waals surface area (Å²) in [6.07, 6.45) is 4.69. The molecule has 0 atom stereocenters. The number of H-pyrrole nitrogens is 2. The molecule has 2 aromatic heterocycles. The number of nitrogen functional groups attached to an aromatic ring is 1. The van der Waals surface area contributed by atoms with E-state index in [1.807, 2.05) is 13.8 Å². The molecule has 0 unspecified atom stereocenters. The van der Waals surface area contributed by atoms with Gasteiger partial charge in [-0.3, -0.25) is 24.6 Å². The highest BCUT2D eigenvalue weighted by atomic mass is 16.5. The molecule has 32 heavy (non-hydrogen) atoms. The number of rotatable bonds is 5. The number of methoxy groups -OCH3 is 3. The largest absolute Gasteiger partial charge is 0.469 e. The molecule has 2 aromatic rings. The Bertz CT molecular complexity index is 839. The number of nitrogens with one attached hydrogen (secondary N) is 3. The number of aromatic amines is 2. The topological polar surface area (TPSA) is 191 Å². The first-order valence-corrected chi connectivity index (χ1v) is 9.06. The number of anilines is 2. The number of ether oxygens (including phenoxy) is 3. The summed E-state index contributed by atoms with van der Waals surface area (Å²) in [7, 11) is 3.58. The Morgan fingerprint density at radius 1 is 0.938 bits per heavy atom. The molecule has 5 N–H and O–H groups in total. The van der Waals surface area contributed by atoms with Gasteiger partial charge in [-0.15, -0.1) is 0 Å². The molecule has 0 aliphatic heterocycles. The van der Waals surface area contributed by atoms with Crippen molar-refractivity contribution in [1.29, 1.82) is 0 Å². The van der Waals surface area contributed by atoms with Gasteiger partial charge in [0.15, 0.2) is 0 Å². The number of carbonyl (C=O) groups is 4. The summed E-state index contributed by atoms with van der Waals surface area (Å²) in [6, 6.07) is 0. The molecule has 0 saturated carbocycles. The molecule has 0 aromatic carbocycles. The van der Waals surface area contributed by atoms with E-state index >= 15 is 0 Å². The van der Waals surface area contributed by atoms with Gasteiger partial charge in [-0.1, -0.05) is 21.3 Å². The van der Waals surface area contributed by atoms with Crippen molar-refractivity contribution in [3.8, 4) is 0 Å². The molecule has 13 heteroatoms. The molecule has 2 rings (SSSR count). The highest BCUT2D eigenvalue weighted by Crippen LogP contribution is 2.10. The van der Waals surface area contributed by atoms with Gasteiger partial charge in [0.1, 0.15) is 18.1 Å². The van der Waals surface area contributed by atoms with Crippen molar-refractivity contribution in [3.05, 3.63) is 23.5 Å². The van der Waals surface area contributed by atoms with Crippen LogP contribution in [-0.2, 0) is 46.2 Å². The van der Waals surface area contributed by atoms with E-state index in [1.165, 1.54) is 14.2 Å². The van der Waals surface area contributed by atoms with Gasteiger partial charge in [0, 0.05) is 12.6 Å². The van der Waals surface area contributed by atoms with E-state index in [9.17, 15) is 19.2 Å². The number of hydrogen-bond donors (Lipinski definition) is 4. The van der Waals surface area contributed by atoms with Crippen molar-refractivity contribution in [1.82, 2.24) is 20.4 Å². The average molecular weight is 460 g/mol. The van der Waals surface area contributed by atoms with Crippen LogP contribution in [0, 0.1) is 0 Å². The van der Waals surface area contributed by atoms with E-state index in [2.05, 4.69) is 39.9 Å². The van der Waals surface area contributed by atoms with Crippen LogP contribution in [0.5, 0.6) is 0 Å². The van der Waals surface area contributed by atoms with Gasteiger partial charge in [0.05, 0.1) is 33.7 Å². The fourth-order valence-electron chi connectivity index (χ4n) is 1.81. The number of nitrogens with zero attached hydrogens (tertiary/aromatic N) is 2. The third-order valence-electron chi connectivity index (χ3n) is 3.58. The van der Waals surface area contributed by atoms with Gasteiger partial charge < -0.3 is 25.3 Å². The number of aryl methyl sites for hydroxylation is 2. The lowest BCUT2D eigenvalue weighted by atomic mass is 10.2. The Morgan fingerprint density at radius 3 is 1.81 bits per heavy atom. The van der Waals surface area contributed by atoms with Crippen LogP contribution in [0.2, 0.25) is 0 Å². The van der Waals surface area contributed by atoms with E-state index in [0.29, 0.717) is 18.1 Å². The van der Waals surface area contributed by atoms with Gasteiger partial charge in [-0.05, 0) is 12.8 Å². The first-order valence-electron chi connectivity index (χ1n) is 9.06. The van der Waals surface area contributed by atoms with E-state index in [4.69, 9.17) is 5.73 Å². The number of nitrogens with two attached hydrogens (primary N) is 1. The standard InChI is InChI=1S/C8H11N3O3.C5H9N3.C5H8O4.CH4.H2/c1-3-5-4-9-11-6(5)10-7(12)8(13)14-2;1-2-4-3-7-8-5(4)6;1-8-4(6)3-5(7)9-2;;/h4H,3H2,1-2H3,(H2,9,10,11,12);3H,2H2,1H3,(H3,6,7,8);3H2,1-2H3;1H4;1H/i;;;;1+1. The Kier molecular flexibility index (Phi) is 16.0. The smallest absolute Gasteiger partial charge is 0.396 e. The van der Waals surface area contributed by atoms with Crippen LogP contribution in [0.25, 0.3) is 0 Å². The number of aromatic nitrogens is 4. The van der Waals surface area contributed by atoms with Gasteiger partial charge >= 0.3 is 23.8 Å². The first kappa shape index (κ1) is 30.3. The quantitative estimate of drug-likeness (QED) is 0.219. The van der Waals surface area contributed by atoms with Crippen LogP contribution < -0.4 is 11.1 Å². The summed E-state index contributed by atoms with van der Waals surface area (Å²) in [4.78, 5) is 42.4. The zero-order chi connectivity index (χ0) is 23.8. The fourth-order valence-corrected chi connectivity index (χ4v) is 1.81. The molecule has 0 fully saturated rings. The third-order valence-corrected chi connectivity index (χ3v) is 3.58. The fraction of sp³-hybridized carbons (Fsp3) is 0.474. The molecule has 0 spiro atoms. The second-order valence-electron chi connectivity index (χ2n) is 5.56. The van der Waals surface area contributed by atoms with Gasteiger partial charge in [-0.2, -0.15) is 10.2 Å². The van der Waals surface area contributed by atoms with Crippen LogP contribution >= 0.6 is 0 Å². The van der Waals surface area contributed by atoms with Gasteiger partial charge in [0.25, 0.3) is 0 Å². The maximum atomic E-state index is 11.1. The second kappa shape index (κ2) is 16.8. The lowest BCUT2D eigenvalue weighted by Crippen LogP contribution is -2.24. The number of esters is 3. The summed E-state index contributed by atoms with van der Waals surface area (Å²) in [5.41, 5.74) is 7.36. The maximum Gasteiger partial charge on any atom is 0.396 e. The van der Waals surface area contributed by atoms with Crippen LogP contribution in [0.3, 0.4) is 0 Å². The molecule has 1 amide bonds. The Balaban J connectivity index is -0.000000417. The summed E-state index contributed by atoms with van der Waals surface area (Å²) in [5.74, 6) is -1.78. The molecule has 0 radical (unpaired) electrons. The van der Waals surface area contributed by atoms with Crippen molar-refractivity contribution in [2.45, 2.75) is 40.5 Å². The lowest BCUT2D eigenvalue weighted by Gasteiger charge is -2.01. The highest BCUT2D eigenvalue weighted by molar-refractivity contribution is 6.37. The molecule has 0 aliphatic carbocycles. The summed E-state index contributed by atoms with van der Waals surface area (Å²) in [5, 5.41) is 15.1. The predicted octanol–water partition coefficient (Wildman–Crippen LogP) is 1.24. The van der Waals surface area contributed by atoms with Crippen LogP contribution in [-0.4, -0.2) is 65.5 Å². The normalized spacial score (nSPS) is 8.91. The summed E-state index contributed by atoms with van der Waals surface area (Å²) < 4.78 is 12.6. The molecule has 182 valence electrons. The van der Waals surface area contributed by atoms with E-state index in [-0.39, 0.29) is 15.3 Å². The minimum atomic E-state index is -0.929. The molecule has 2 heterocycles. The van der Waals surface area contributed by atoms with E-state index in [0.717, 1.165) is 24.7 Å². The van der Waals surface area contributed by atoms with Crippen LogP contribution in [0.4, 0.5) is 11.6 Å². The van der Waals surface area contributed by atoms with Crippen LogP contribution in [0.15, 0.2) is 12.4 Å². The van der Waals surface area contributed by atoms with Crippen molar-refractivity contribution in [2.24, 2.45) is 0 Å². The van der Waals surface area contributed by atoms with Crippen molar-refractivity contribution in [3.63, 3.8) is 0 Å². The molecule has 13 nitrogen and oxygen atoms in total. The van der Waals surface area contributed by atoms with E-state index in [1.54, 1.807) is 12.4 Å². The van der Waals surface area contributed by atoms with Gasteiger partial charge in [-0.25, -0.2) is 4.79 Å². The Morgan fingerprint density at radius 2 is 1.44 bits per heavy atom. The lowest BCUT2D eigenvalue weighted by molar-refractivity contribution is -0.151. The van der Waals surface area contributed by atoms with Gasteiger partial charge in [0.2, 0.25) is 0 Å². The minimum absolute atomic E-state index is 0. The number of carbonyl (C=O) groups excluding carboxylic acids is 4. The maximum absolute atomic E-state index is 11.1. The summed E-state index contributed by atoms with van der Waals surface area (Å²) >= 11 is 0. The van der Waals surface area contributed by atoms with Crippen molar-refractivity contribution < 1.29 is 34.8 Å². The minimum Gasteiger partial charge on any atom is -0.469 e. The third kappa shape index (κ3) is 11.3. The Hall–Kier alpha value is -3.90. The predicted molar refractivity (Wildman–Crippen MR) is 118 cm³/mol. The summed E-state index contributed by atoms with van der Waals surface area (Å²) in [6.45, 7) is 3.96. The average Bonchev–Trinajstić information content (AvgIpc) is 3.41. The number of hydrogen-bond acceptors (Lipinski definition) is 10. The zero-order valence-corrected chi connectivity index (χ0v) is 18.1. The molecule has 0 bridgehead atoms.